The molecule has 0 aliphatic heterocycles. The lowest BCUT2D eigenvalue weighted by molar-refractivity contribution is -0.123. The van der Waals surface area contributed by atoms with Crippen LogP contribution >= 0.6 is 11.3 Å². The largest absolute Gasteiger partial charge is 0.358 e. The van der Waals surface area contributed by atoms with Crippen LogP contribution in [0.3, 0.4) is 0 Å². The molecule has 0 aliphatic rings. The Morgan fingerprint density at radius 2 is 2.04 bits per heavy atom. The van der Waals surface area contributed by atoms with Crippen LogP contribution in [0.5, 0.6) is 0 Å². The molecule has 2 amide bonds. The summed E-state index contributed by atoms with van der Waals surface area (Å²) in [6.07, 6.45) is 1.37. The van der Waals surface area contributed by atoms with E-state index in [2.05, 4.69) is 10.3 Å². The van der Waals surface area contributed by atoms with Gasteiger partial charge >= 0.3 is 0 Å². The number of aromatic nitrogens is 2. The number of aryl methyl sites for hydroxylation is 1. The van der Waals surface area contributed by atoms with Gasteiger partial charge in [-0.05, 0) is 30.0 Å². The highest BCUT2D eigenvalue weighted by Crippen LogP contribution is 2.20. The first-order valence-electron chi connectivity index (χ1n) is 8.00. The molecule has 0 aliphatic carbocycles. The highest BCUT2D eigenvalue weighted by molar-refractivity contribution is 7.16. The Kier molecular flexibility index (Phi) is 5.13. The number of nitrogens with one attached hydrogen (secondary N) is 1. The lowest BCUT2D eigenvalue weighted by Gasteiger charge is -2.24. The van der Waals surface area contributed by atoms with Gasteiger partial charge in [-0.3, -0.25) is 19.0 Å². The van der Waals surface area contributed by atoms with Gasteiger partial charge in [0.15, 0.2) is 0 Å². The third-order valence-corrected chi connectivity index (χ3v) is 4.86. The number of likely N-dealkylation sites (N-methyl/N-ethyl adjacent to an activating group) is 1. The minimum atomic E-state index is -0.360. The Bertz CT molecular complexity index is 1020. The normalized spacial score (nSPS) is 10.7. The van der Waals surface area contributed by atoms with Gasteiger partial charge in [0.2, 0.25) is 11.8 Å². The van der Waals surface area contributed by atoms with E-state index in [1.807, 2.05) is 19.1 Å². The quantitative estimate of drug-likeness (QED) is 0.738. The van der Waals surface area contributed by atoms with Crippen LogP contribution in [0.1, 0.15) is 5.56 Å². The smallest absolute Gasteiger partial charge is 0.262 e. The minimum absolute atomic E-state index is 0.122. The summed E-state index contributed by atoms with van der Waals surface area (Å²) < 4.78 is 1.27. The molecule has 8 heteroatoms. The van der Waals surface area contributed by atoms with Crippen molar-refractivity contribution >= 4 is 39.1 Å². The molecule has 2 aromatic heterocycles. The Morgan fingerprint density at radius 3 is 2.77 bits per heavy atom. The van der Waals surface area contributed by atoms with E-state index < -0.39 is 0 Å². The number of hydrogen-bond donors (Lipinski definition) is 1. The summed E-state index contributed by atoms with van der Waals surface area (Å²) in [5.74, 6) is -0.651. The number of carbonyl (C=O) groups is 2. The fraction of sp³-hybridized carbons (Fsp3) is 0.222. The van der Waals surface area contributed by atoms with Crippen LogP contribution in [0.4, 0.5) is 5.69 Å². The monoisotopic (exact) mass is 370 g/mol. The number of anilines is 1. The lowest BCUT2D eigenvalue weighted by Crippen LogP contribution is -2.42. The van der Waals surface area contributed by atoms with Gasteiger partial charge in [-0.2, -0.15) is 0 Å². The Morgan fingerprint density at radius 1 is 1.27 bits per heavy atom. The first kappa shape index (κ1) is 17.8. The molecule has 0 bridgehead atoms. The number of nitrogens with zero attached hydrogens (tertiary/aromatic N) is 3. The van der Waals surface area contributed by atoms with Crippen molar-refractivity contribution in [2.24, 2.45) is 0 Å². The van der Waals surface area contributed by atoms with Crippen LogP contribution in [0.2, 0.25) is 0 Å². The summed E-state index contributed by atoms with van der Waals surface area (Å²) in [5.41, 5.74) is 1.23. The molecule has 1 N–H and O–H groups in total. The maximum atomic E-state index is 12.9. The van der Waals surface area contributed by atoms with Gasteiger partial charge in [0.25, 0.3) is 5.56 Å². The molecule has 0 unspecified atom stereocenters. The van der Waals surface area contributed by atoms with Crippen molar-refractivity contribution in [3.63, 3.8) is 0 Å². The minimum Gasteiger partial charge on any atom is -0.358 e. The van der Waals surface area contributed by atoms with Crippen LogP contribution in [0.15, 0.2) is 46.8 Å². The van der Waals surface area contributed by atoms with Crippen molar-refractivity contribution in [1.29, 1.82) is 0 Å². The van der Waals surface area contributed by atoms with Gasteiger partial charge in [0.05, 0.1) is 11.7 Å². The molecule has 0 saturated carbocycles. The number of rotatable bonds is 5. The van der Waals surface area contributed by atoms with E-state index in [-0.39, 0.29) is 30.5 Å². The van der Waals surface area contributed by atoms with Crippen LogP contribution in [-0.4, -0.2) is 35.0 Å². The summed E-state index contributed by atoms with van der Waals surface area (Å²) in [7, 11) is 1.52. The van der Waals surface area contributed by atoms with E-state index >= 15 is 0 Å². The molecule has 3 rings (SSSR count). The van der Waals surface area contributed by atoms with E-state index in [9.17, 15) is 14.4 Å². The van der Waals surface area contributed by atoms with E-state index in [1.54, 1.807) is 23.6 Å². The molecule has 0 radical (unpaired) electrons. The third kappa shape index (κ3) is 3.50. The second-order valence-corrected chi connectivity index (χ2v) is 6.65. The second-order valence-electron chi connectivity index (χ2n) is 5.76. The zero-order valence-electron chi connectivity index (χ0n) is 14.4. The number of para-hydroxylation sites is 1. The highest BCUT2D eigenvalue weighted by atomic mass is 32.1. The predicted molar refractivity (Wildman–Crippen MR) is 101 cm³/mol. The molecule has 0 fully saturated rings. The molecular weight excluding hydrogens is 352 g/mol. The highest BCUT2D eigenvalue weighted by Gasteiger charge is 2.21. The molecule has 26 heavy (non-hydrogen) atoms. The first-order chi connectivity index (χ1) is 12.5. The summed E-state index contributed by atoms with van der Waals surface area (Å²) in [5, 5.41) is 4.80. The van der Waals surface area contributed by atoms with Crippen molar-refractivity contribution in [1.82, 2.24) is 14.9 Å². The fourth-order valence-electron chi connectivity index (χ4n) is 2.63. The Hall–Kier alpha value is -3.00. The molecule has 0 atom stereocenters. The number of benzene rings is 1. The number of hydrogen-bond acceptors (Lipinski definition) is 5. The van der Waals surface area contributed by atoms with Crippen LogP contribution in [0.25, 0.3) is 10.2 Å². The van der Waals surface area contributed by atoms with Crippen molar-refractivity contribution in [2.45, 2.75) is 13.5 Å². The average molecular weight is 370 g/mol. The van der Waals surface area contributed by atoms with Gasteiger partial charge in [0.1, 0.15) is 17.9 Å². The van der Waals surface area contributed by atoms with E-state index in [4.69, 9.17) is 0 Å². The number of amides is 2. The predicted octanol–water partition coefficient (Wildman–Crippen LogP) is 1.55. The van der Waals surface area contributed by atoms with Gasteiger partial charge in [-0.15, -0.1) is 11.3 Å². The molecule has 0 saturated heterocycles. The SMILES string of the molecule is CNC(=O)CN(C(=O)Cn1cnc2sccc2c1=O)c1ccccc1C. The molecular formula is C18H18N4O3S. The van der Waals surface area contributed by atoms with Crippen molar-refractivity contribution in [3.05, 3.63) is 58.0 Å². The molecule has 1 aromatic carbocycles. The Balaban J connectivity index is 1.94. The van der Waals surface area contributed by atoms with Crippen molar-refractivity contribution < 1.29 is 9.59 Å². The zero-order valence-corrected chi connectivity index (χ0v) is 15.2. The van der Waals surface area contributed by atoms with Gasteiger partial charge < -0.3 is 10.2 Å². The Labute approximate surface area is 153 Å². The average Bonchev–Trinajstić information content (AvgIpc) is 3.12. The lowest BCUT2D eigenvalue weighted by atomic mass is 10.1. The topological polar surface area (TPSA) is 84.3 Å². The number of thiophene rings is 1. The maximum absolute atomic E-state index is 12.9. The standard InChI is InChI=1S/C18H18N4O3S/c1-12-5-3-4-6-14(12)22(9-15(23)19-2)16(24)10-21-11-20-17-13(18(21)25)7-8-26-17/h3-8,11H,9-10H2,1-2H3,(H,19,23). The van der Waals surface area contributed by atoms with Crippen molar-refractivity contribution in [2.75, 3.05) is 18.5 Å². The fourth-order valence-corrected chi connectivity index (χ4v) is 3.36. The van der Waals surface area contributed by atoms with Gasteiger partial charge in [0, 0.05) is 12.7 Å². The van der Waals surface area contributed by atoms with Crippen LogP contribution in [-0.2, 0) is 16.1 Å². The van der Waals surface area contributed by atoms with E-state index in [0.717, 1.165) is 5.56 Å². The van der Waals surface area contributed by atoms with Crippen molar-refractivity contribution in [3.8, 4) is 0 Å². The first-order valence-corrected chi connectivity index (χ1v) is 8.88. The summed E-state index contributed by atoms with van der Waals surface area (Å²) in [4.78, 5) is 43.5. The number of fused-ring (bicyclic) bond motifs is 1. The maximum Gasteiger partial charge on any atom is 0.262 e. The van der Waals surface area contributed by atoms with Crippen LogP contribution < -0.4 is 15.8 Å². The summed E-state index contributed by atoms with van der Waals surface area (Å²) in [6, 6.07) is 9.00. The van der Waals surface area contributed by atoms with Crippen LogP contribution in [0, 0.1) is 6.92 Å². The summed E-state index contributed by atoms with van der Waals surface area (Å²) >= 11 is 1.37. The number of carbonyl (C=O) groups excluding carboxylic acids is 2. The van der Waals surface area contributed by atoms with E-state index in [0.29, 0.717) is 15.9 Å². The molecule has 0 spiro atoms. The molecule has 134 valence electrons. The summed E-state index contributed by atoms with van der Waals surface area (Å²) in [6.45, 7) is 1.55. The molecule has 3 aromatic rings. The third-order valence-electron chi connectivity index (χ3n) is 4.04. The van der Waals surface area contributed by atoms with Gasteiger partial charge in [-0.1, -0.05) is 18.2 Å². The molecule has 2 heterocycles. The zero-order chi connectivity index (χ0) is 18.7. The van der Waals surface area contributed by atoms with E-state index in [1.165, 1.54) is 34.2 Å². The molecule has 7 nitrogen and oxygen atoms in total. The second kappa shape index (κ2) is 7.49. The van der Waals surface area contributed by atoms with Gasteiger partial charge in [-0.25, -0.2) is 4.98 Å².